The van der Waals surface area contributed by atoms with E-state index in [1.165, 1.54) is 19.1 Å². The fourth-order valence-corrected chi connectivity index (χ4v) is 2.24. The van der Waals surface area contributed by atoms with Gasteiger partial charge in [0.15, 0.2) is 6.10 Å². The van der Waals surface area contributed by atoms with Gasteiger partial charge in [0.1, 0.15) is 5.75 Å². The first-order valence-electron chi connectivity index (χ1n) is 8.45. The summed E-state index contributed by atoms with van der Waals surface area (Å²) in [5.41, 5.74) is 1.62. The molecule has 1 atom stereocenters. The van der Waals surface area contributed by atoms with Crippen molar-refractivity contribution < 1.29 is 19.1 Å². The zero-order valence-electron chi connectivity index (χ0n) is 15.1. The molecule has 0 unspecified atom stereocenters. The second kappa shape index (κ2) is 9.78. The van der Waals surface area contributed by atoms with Gasteiger partial charge in [0.25, 0.3) is 5.91 Å². The van der Waals surface area contributed by atoms with Crippen LogP contribution in [0.4, 0.5) is 5.69 Å². The first-order valence-corrected chi connectivity index (χ1v) is 8.45. The lowest BCUT2D eigenvalue weighted by molar-refractivity contribution is -0.148. The van der Waals surface area contributed by atoms with Crippen molar-refractivity contribution >= 4 is 23.6 Å². The summed E-state index contributed by atoms with van der Waals surface area (Å²) in [5, 5.41) is 11.5. The van der Waals surface area contributed by atoms with E-state index in [9.17, 15) is 9.59 Å². The molecule has 6 heteroatoms. The third-order valence-electron chi connectivity index (χ3n) is 3.54. The number of benzene rings is 2. The van der Waals surface area contributed by atoms with Gasteiger partial charge in [-0.3, -0.25) is 4.79 Å². The standard InChI is InChI=1S/C21H20N2O4/c1-3-26-19-10-5-4-8-17(19)11-12-20(24)27-15(2)21(25)23-18-9-6-7-16(13-18)14-22/h4-13,15H,3H2,1-2H3,(H,23,25)/b12-11+/t15-/m1/s1. The van der Waals surface area contributed by atoms with E-state index in [1.807, 2.05) is 31.2 Å². The molecule has 2 aromatic rings. The summed E-state index contributed by atoms with van der Waals surface area (Å²) in [6.45, 7) is 3.87. The zero-order valence-corrected chi connectivity index (χ0v) is 15.1. The fraction of sp³-hybridized carbons (Fsp3) is 0.190. The quantitative estimate of drug-likeness (QED) is 0.600. The monoisotopic (exact) mass is 364 g/mol. The van der Waals surface area contributed by atoms with Crippen LogP contribution in [0.25, 0.3) is 6.08 Å². The second-order valence-corrected chi connectivity index (χ2v) is 5.57. The van der Waals surface area contributed by atoms with Crippen LogP contribution in [-0.2, 0) is 14.3 Å². The SMILES string of the molecule is CCOc1ccccc1/C=C/C(=O)O[C@H](C)C(=O)Nc1cccc(C#N)c1. The molecular formula is C21H20N2O4. The van der Waals surface area contributed by atoms with E-state index in [1.54, 1.807) is 30.3 Å². The lowest BCUT2D eigenvalue weighted by Gasteiger charge is -2.12. The number of hydrogen-bond donors (Lipinski definition) is 1. The van der Waals surface area contributed by atoms with Gasteiger partial charge in [-0.1, -0.05) is 24.3 Å². The summed E-state index contributed by atoms with van der Waals surface area (Å²) in [4.78, 5) is 24.1. The van der Waals surface area contributed by atoms with Gasteiger partial charge >= 0.3 is 5.97 Å². The Bertz CT molecular complexity index is 884. The van der Waals surface area contributed by atoms with Gasteiger partial charge in [-0.25, -0.2) is 4.79 Å². The predicted octanol–water partition coefficient (Wildman–Crippen LogP) is 3.54. The summed E-state index contributed by atoms with van der Waals surface area (Å²) < 4.78 is 10.6. The Morgan fingerprint density at radius 2 is 2.00 bits per heavy atom. The van der Waals surface area contributed by atoms with Crippen LogP contribution in [0.1, 0.15) is 25.0 Å². The van der Waals surface area contributed by atoms with E-state index < -0.39 is 18.0 Å². The molecule has 0 aliphatic rings. The highest BCUT2D eigenvalue weighted by molar-refractivity contribution is 5.96. The zero-order chi connectivity index (χ0) is 19.6. The molecule has 0 bridgehead atoms. The number of anilines is 1. The summed E-state index contributed by atoms with van der Waals surface area (Å²) in [5.74, 6) is -0.469. The highest BCUT2D eigenvalue weighted by Gasteiger charge is 2.17. The average molecular weight is 364 g/mol. The van der Waals surface area contributed by atoms with Gasteiger partial charge in [0, 0.05) is 17.3 Å². The molecule has 0 aliphatic heterocycles. The van der Waals surface area contributed by atoms with Gasteiger partial charge < -0.3 is 14.8 Å². The molecule has 0 saturated heterocycles. The Morgan fingerprint density at radius 1 is 1.22 bits per heavy atom. The number of rotatable bonds is 7. The van der Waals surface area contributed by atoms with Crippen molar-refractivity contribution in [1.29, 1.82) is 5.26 Å². The van der Waals surface area contributed by atoms with Crippen LogP contribution in [0.2, 0.25) is 0 Å². The number of amides is 1. The second-order valence-electron chi connectivity index (χ2n) is 5.57. The van der Waals surface area contributed by atoms with Gasteiger partial charge in [-0.15, -0.1) is 0 Å². The molecule has 0 aliphatic carbocycles. The van der Waals surface area contributed by atoms with Gasteiger partial charge in [0.05, 0.1) is 18.2 Å². The molecule has 1 amide bonds. The Morgan fingerprint density at radius 3 is 2.74 bits per heavy atom. The number of nitriles is 1. The van der Waals surface area contributed by atoms with Crippen LogP contribution in [0, 0.1) is 11.3 Å². The van der Waals surface area contributed by atoms with E-state index in [0.29, 0.717) is 23.6 Å². The maximum Gasteiger partial charge on any atom is 0.331 e. The molecule has 6 nitrogen and oxygen atoms in total. The van der Waals surface area contributed by atoms with Crippen molar-refractivity contribution in [3.63, 3.8) is 0 Å². The number of carbonyl (C=O) groups is 2. The molecule has 138 valence electrons. The summed E-state index contributed by atoms with van der Waals surface area (Å²) in [7, 11) is 0. The molecule has 0 heterocycles. The Hall–Kier alpha value is -3.59. The van der Waals surface area contributed by atoms with Gasteiger partial charge in [-0.05, 0) is 44.2 Å². The van der Waals surface area contributed by atoms with Crippen LogP contribution in [0.15, 0.2) is 54.6 Å². The van der Waals surface area contributed by atoms with Crippen molar-refractivity contribution in [1.82, 2.24) is 0 Å². The number of para-hydroxylation sites is 1. The largest absolute Gasteiger partial charge is 0.493 e. The van der Waals surface area contributed by atoms with E-state index >= 15 is 0 Å². The predicted molar refractivity (Wildman–Crippen MR) is 102 cm³/mol. The number of ether oxygens (including phenoxy) is 2. The summed E-state index contributed by atoms with van der Waals surface area (Å²) >= 11 is 0. The number of hydrogen-bond acceptors (Lipinski definition) is 5. The van der Waals surface area contributed by atoms with E-state index in [2.05, 4.69) is 5.32 Å². The molecule has 0 spiro atoms. The highest BCUT2D eigenvalue weighted by Crippen LogP contribution is 2.19. The molecule has 0 aromatic heterocycles. The van der Waals surface area contributed by atoms with Crippen LogP contribution < -0.4 is 10.1 Å². The minimum atomic E-state index is -0.991. The van der Waals surface area contributed by atoms with E-state index in [4.69, 9.17) is 14.7 Å². The van der Waals surface area contributed by atoms with Crippen LogP contribution >= 0.6 is 0 Å². The average Bonchev–Trinajstić information content (AvgIpc) is 2.67. The van der Waals surface area contributed by atoms with E-state index in [0.717, 1.165) is 5.56 Å². The topological polar surface area (TPSA) is 88.4 Å². The lowest BCUT2D eigenvalue weighted by atomic mass is 10.2. The molecule has 27 heavy (non-hydrogen) atoms. The van der Waals surface area contributed by atoms with Crippen LogP contribution in [-0.4, -0.2) is 24.6 Å². The first-order chi connectivity index (χ1) is 13.0. The summed E-state index contributed by atoms with van der Waals surface area (Å²) in [6, 6.07) is 15.8. The number of carbonyl (C=O) groups excluding carboxylic acids is 2. The number of nitrogens with one attached hydrogen (secondary N) is 1. The van der Waals surface area contributed by atoms with Crippen molar-refractivity contribution in [2.75, 3.05) is 11.9 Å². The van der Waals surface area contributed by atoms with Crippen molar-refractivity contribution in [3.8, 4) is 11.8 Å². The maximum atomic E-state index is 12.1. The minimum absolute atomic E-state index is 0.424. The fourth-order valence-electron chi connectivity index (χ4n) is 2.24. The summed E-state index contributed by atoms with van der Waals surface area (Å²) in [6.07, 6.45) is 1.83. The van der Waals surface area contributed by atoms with Crippen LogP contribution in [0.3, 0.4) is 0 Å². The van der Waals surface area contributed by atoms with Gasteiger partial charge in [0.2, 0.25) is 0 Å². The maximum absolute atomic E-state index is 12.1. The van der Waals surface area contributed by atoms with Crippen molar-refractivity contribution in [2.24, 2.45) is 0 Å². The third-order valence-corrected chi connectivity index (χ3v) is 3.54. The van der Waals surface area contributed by atoms with E-state index in [-0.39, 0.29) is 0 Å². The van der Waals surface area contributed by atoms with Crippen LogP contribution in [0.5, 0.6) is 5.75 Å². The molecule has 0 fully saturated rings. The number of esters is 1. The Balaban J connectivity index is 1.94. The normalized spacial score (nSPS) is 11.4. The Labute approximate surface area is 158 Å². The Kier molecular flexibility index (Phi) is 7.15. The molecule has 0 radical (unpaired) electrons. The third kappa shape index (κ3) is 6.01. The minimum Gasteiger partial charge on any atom is -0.493 e. The first kappa shape index (κ1) is 19.7. The number of nitrogens with zero attached hydrogens (tertiary/aromatic N) is 1. The van der Waals surface area contributed by atoms with Crippen molar-refractivity contribution in [2.45, 2.75) is 20.0 Å². The highest BCUT2D eigenvalue weighted by atomic mass is 16.5. The lowest BCUT2D eigenvalue weighted by Crippen LogP contribution is -2.29. The van der Waals surface area contributed by atoms with Gasteiger partial charge in [-0.2, -0.15) is 5.26 Å². The molecule has 1 N–H and O–H groups in total. The van der Waals surface area contributed by atoms with Crippen molar-refractivity contribution in [3.05, 3.63) is 65.7 Å². The molecule has 2 rings (SSSR count). The smallest absolute Gasteiger partial charge is 0.331 e. The molecule has 2 aromatic carbocycles. The molecular weight excluding hydrogens is 344 g/mol. The molecule has 0 saturated carbocycles.